The zero-order valence-electron chi connectivity index (χ0n) is 12.7. The Hall–Kier alpha value is -1.47. The molecule has 0 radical (unpaired) electrons. The molecule has 1 unspecified atom stereocenters. The van der Waals surface area contributed by atoms with Crippen LogP contribution in [0.1, 0.15) is 12.5 Å². The Morgan fingerprint density at radius 3 is 2.57 bits per heavy atom. The van der Waals surface area contributed by atoms with Crippen LogP contribution in [-0.4, -0.2) is 55.4 Å². The van der Waals surface area contributed by atoms with Gasteiger partial charge in [0.1, 0.15) is 0 Å². The summed E-state index contributed by atoms with van der Waals surface area (Å²) in [7, 11) is 1.61. The number of methoxy groups -OCH3 is 1. The molecular formula is C15H25N3O3. The highest BCUT2D eigenvalue weighted by Crippen LogP contribution is 2.11. The first-order valence-corrected chi connectivity index (χ1v) is 7.06. The fraction of sp³-hybridized carbons (Fsp3) is 0.533. The number of ether oxygens (including phenoxy) is 1. The minimum Gasteiger partial charge on any atom is -0.395 e. The summed E-state index contributed by atoms with van der Waals surface area (Å²) in [4.78, 5) is 14.1. The van der Waals surface area contributed by atoms with E-state index in [4.69, 9.17) is 15.6 Å². The standard InChI is InChI=1S/C15H25N3O3/c1-12(18(7-9-19)8-10-21-2)15(20)17-14-5-3-13(11-16)4-6-14/h3-6,12,19H,7-11,16H2,1-2H3,(H,17,20). The number of nitrogens with zero attached hydrogens (tertiary/aromatic N) is 1. The topological polar surface area (TPSA) is 87.8 Å². The fourth-order valence-corrected chi connectivity index (χ4v) is 1.97. The number of aliphatic hydroxyl groups is 1. The van der Waals surface area contributed by atoms with Crippen LogP contribution < -0.4 is 11.1 Å². The van der Waals surface area contributed by atoms with Gasteiger partial charge in [-0.15, -0.1) is 0 Å². The SMILES string of the molecule is COCCN(CCO)C(C)C(=O)Nc1ccc(CN)cc1. The van der Waals surface area contributed by atoms with E-state index in [-0.39, 0.29) is 18.6 Å². The molecule has 4 N–H and O–H groups in total. The van der Waals surface area contributed by atoms with Crippen molar-refractivity contribution in [3.8, 4) is 0 Å². The van der Waals surface area contributed by atoms with Crippen LogP contribution in [-0.2, 0) is 16.1 Å². The van der Waals surface area contributed by atoms with E-state index in [1.807, 2.05) is 36.1 Å². The van der Waals surface area contributed by atoms with Crippen LogP contribution in [0.2, 0.25) is 0 Å². The van der Waals surface area contributed by atoms with E-state index in [1.165, 1.54) is 0 Å². The Balaban J connectivity index is 2.61. The molecule has 0 bridgehead atoms. The number of hydrogen-bond acceptors (Lipinski definition) is 5. The van der Waals surface area contributed by atoms with Gasteiger partial charge in [-0.2, -0.15) is 0 Å². The number of hydrogen-bond donors (Lipinski definition) is 3. The molecule has 0 saturated carbocycles. The lowest BCUT2D eigenvalue weighted by Gasteiger charge is -2.27. The largest absolute Gasteiger partial charge is 0.395 e. The van der Waals surface area contributed by atoms with Crippen LogP contribution >= 0.6 is 0 Å². The lowest BCUT2D eigenvalue weighted by atomic mass is 10.2. The van der Waals surface area contributed by atoms with Crippen LogP contribution in [0.3, 0.4) is 0 Å². The average molecular weight is 295 g/mol. The lowest BCUT2D eigenvalue weighted by molar-refractivity contribution is -0.121. The number of amides is 1. The molecule has 6 heteroatoms. The van der Waals surface area contributed by atoms with Crippen molar-refractivity contribution in [3.05, 3.63) is 29.8 Å². The minimum absolute atomic E-state index is 0.00648. The molecular weight excluding hydrogens is 270 g/mol. The van der Waals surface area contributed by atoms with Crippen LogP contribution in [0, 0.1) is 0 Å². The van der Waals surface area contributed by atoms with Crippen LogP contribution in [0.5, 0.6) is 0 Å². The van der Waals surface area contributed by atoms with Gasteiger partial charge in [0, 0.05) is 32.4 Å². The molecule has 0 heterocycles. The molecule has 1 aromatic carbocycles. The first-order chi connectivity index (χ1) is 10.1. The molecule has 1 amide bonds. The van der Waals surface area contributed by atoms with Crippen LogP contribution in [0.15, 0.2) is 24.3 Å². The van der Waals surface area contributed by atoms with E-state index in [0.29, 0.717) is 26.2 Å². The first-order valence-electron chi connectivity index (χ1n) is 7.06. The van der Waals surface area contributed by atoms with Crippen molar-refractivity contribution in [2.24, 2.45) is 5.73 Å². The van der Waals surface area contributed by atoms with Gasteiger partial charge in [-0.3, -0.25) is 9.69 Å². The lowest BCUT2D eigenvalue weighted by Crippen LogP contribution is -2.44. The summed E-state index contributed by atoms with van der Waals surface area (Å²) in [5, 5.41) is 12.0. The number of aliphatic hydroxyl groups excluding tert-OH is 1. The van der Waals surface area contributed by atoms with Crippen LogP contribution in [0.25, 0.3) is 0 Å². The molecule has 0 aliphatic carbocycles. The van der Waals surface area contributed by atoms with Gasteiger partial charge in [0.2, 0.25) is 5.91 Å². The highest BCUT2D eigenvalue weighted by Gasteiger charge is 2.20. The highest BCUT2D eigenvalue weighted by molar-refractivity contribution is 5.94. The van der Waals surface area contributed by atoms with Crippen molar-refractivity contribution in [3.63, 3.8) is 0 Å². The molecule has 1 atom stereocenters. The number of rotatable bonds is 9. The van der Waals surface area contributed by atoms with Crippen molar-refractivity contribution in [2.75, 3.05) is 38.7 Å². The highest BCUT2D eigenvalue weighted by atomic mass is 16.5. The zero-order chi connectivity index (χ0) is 15.7. The van der Waals surface area contributed by atoms with E-state index < -0.39 is 0 Å². The van der Waals surface area contributed by atoms with Crippen molar-refractivity contribution < 1.29 is 14.6 Å². The fourth-order valence-electron chi connectivity index (χ4n) is 1.97. The zero-order valence-corrected chi connectivity index (χ0v) is 12.7. The van der Waals surface area contributed by atoms with Crippen molar-refractivity contribution in [1.29, 1.82) is 0 Å². The van der Waals surface area contributed by atoms with Gasteiger partial charge in [-0.05, 0) is 24.6 Å². The molecule has 0 aliphatic rings. The summed E-state index contributed by atoms with van der Waals surface area (Å²) >= 11 is 0. The smallest absolute Gasteiger partial charge is 0.241 e. The predicted molar refractivity (Wildman–Crippen MR) is 83.0 cm³/mol. The summed E-state index contributed by atoms with van der Waals surface area (Å²) in [5.74, 6) is -0.111. The maximum Gasteiger partial charge on any atom is 0.241 e. The van der Waals surface area contributed by atoms with Gasteiger partial charge in [0.25, 0.3) is 0 Å². The summed E-state index contributed by atoms with van der Waals surface area (Å²) in [5.41, 5.74) is 7.29. The molecule has 0 spiro atoms. The second kappa shape index (κ2) is 9.46. The predicted octanol–water partition coefficient (Wildman–Crippen LogP) is 0.413. The number of carbonyl (C=O) groups excluding carboxylic acids is 1. The monoisotopic (exact) mass is 295 g/mol. The molecule has 21 heavy (non-hydrogen) atoms. The first kappa shape index (κ1) is 17.6. The van der Waals surface area contributed by atoms with Gasteiger partial charge in [-0.1, -0.05) is 12.1 Å². The van der Waals surface area contributed by atoms with Crippen molar-refractivity contribution >= 4 is 11.6 Å². The second-order valence-corrected chi connectivity index (χ2v) is 4.82. The van der Waals surface area contributed by atoms with E-state index in [0.717, 1.165) is 11.3 Å². The number of anilines is 1. The van der Waals surface area contributed by atoms with Crippen LogP contribution in [0.4, 0.5) is 5.69 Å². The number of carbonyl (C=O) groups is 1. The summed E-state index contributed by atoms with van der Waals surface area (Å²) < 4.78 is 5.03. The molecule has 0 aliphatic heterocycles. The third-order valence-corrected chi connectivity index (χ3v) is 3.35. The van der Waals surface area contributed by atoms with Gasteiger partial charge in [-0.25, -0.2) is 0 Å². The Bertz CT molecular complexity index is 423. The maximum atomic E-state index is 12.2. The number of nitrogens with two attached hydrogens (primary N) is 1. The number of nitrogens with one attached hydrogen (secondary N) is 1. The van der Waals surface area contributed by atoms with Gasteiger partial charge in [0.05, 0.1) is 19.3 Å². The Labute approximate surface area is 125 Å². The Kier molecular flexibility index (Phi) is 7.92. The molecule has 0 fully saturated rings. The third-order valence-electron chi connectivity index (χ3n) is 3.35. The Morgan fingerprint density at radius 1 is 1.38 bits per heavy atom. The van der Waals surface area contributed by atoms with E-state index in [2.05, 4.69) is 5.32 Å². The van der Waals surface area contributed by atoms with Gasteiger partial charge >= 0.3 is 0 Å². The normalized spacial score (nSPS) is 12.4. The molecule has 6 nitrogen and oxygen atoms in total. The van der Waals surface area contributed by atoms with Gasteiger partial charge < -0.3 is 20.9 Å². The Morgan fingerprint density at radius 2 is 2.05 bits per heavy atom. The molecule has 1 aromatic rings. The average Bonchev–Trinajstić information content (AvgIpc) is 2.51. The molecule has 0 saturated heterocycles. The van der Waals surface area contributed by atoms with E-state index >= 15 is 0 Å². The molecule has 118 valence electrons. The molecule has 0 aromatic heterocycles. The third kappa shape index (κ3) is 5.81. The van der Waals surface area contributed by atoms with E-state index in [9.17, 15) is 4.79 Å². The summed E-state index contributed by atoms with van der Waals surface area (Å²) in [6.45, 7) is 3.85. The van der Waals surface area contributed by atoms with E-state index in [1.54, 1.807) is 7.11 Å². The second-order valence-electron chi connectivity index (χ2n) is 4.82. The summed E-state index contributed by atoms with van der Waals surface area (Å²) in [6.07, 6.45) is 0. The maximum absolute atomic E-state index is 12.2. The van der Waals surface area contributed by atoms with Crippen molar-refractivity contribution in [1.82, 2.24) is 4.90 Å². The van der Waals surface area contributed by atoms with Crippen molar-refractivity contribution in [2.45, 2.75) is 19.5 Å². The quantitative estimate of drug-likeness (QED) is 0.614. The van der Waals surface area contributed by atoms with Gasteiger partial charge in [0.15, 0.2) is 0 Å². The molecule has 1 rings (SSSR count). The number of benzene rings is 1. The minimum atomic E-state index is -0.346. The summed E-state index contributed by atoms with van der Waals surface area (Å²) in [6, 6.07) is 7.09.